The fourth-order valence-electron chi connectivity index (χ4n) is 2.03. The Morgan fingerprint density at radius 2 is 1.82 bits per heavy atom. The lowest BCUT2D eigenvalue weighted by atomic mass is 10.0. The van der Waals surface area contributed by atoms with Gasteiger partial charge in [0.25, 0.3) is 0 Å². The largest absolute Gasteiger partial charge is 0.492 e. The minimum absolute atomic E-state index is 0.0221. The van der Waals surface area contributed by atoms with E-state index in [9.17, 15) is 9.59 Å². The standard InChI is InChI=1S/C18H19NO3/c1-14(16-5-3-2-4-6-16)18(21)19-11-12-22-17-9-7-15(13-20)8-10-17/h2-10,13-14H,11-12H2,1H3,(H,19,21). The first-order valence-electron chi connectivity index (χ1n) is 7.21. The Labute approximate surface area is 130 Å². The molecule has 0 saturated carbocycles. The van der Waals surface area contributed by atoms with Crippen LogP contribution in [-0.4, -0.2) is 25.3 Å². The number of benzene rings is 2. The summed E-state index contributed by atoms with van der Waals surface area (Å²) in [6, 6.07) is 16.5. The molecule has 1 unspecified atom stereocenters. The molecule has 0 bridgehead atoms. The molecule has 0 spiro atoms. The summed E-state index contributed by atoms with van der Waals surface area (Å²) in [6.45, 7) is 2.70. The lowest BCUT2D eigenvalue weighted by molar-refractivity contribution is -0.122. The van der Waals surface area contributed by atoms with Crippen LogP contribution < -0.4 is 10.1 Å². The van der Waals surface area contributed by atoms with Crippen LogP contribution in [0.2, 0.25) is 0 Å². The van der Waals surface area contributed by atoms with Crippen molar-refractivity contribution in [1.82, 2.24) is 5.32 Å². The second kappa shape index (κ2) is 7.98. The van der Waals surface area contributed by atoms with E-state index in [0.717, 1.165) is 11.8 Å². The quantitative estimate of drug-likeness (QED) is 0.631. The van der Waals surface area contributed by atoms with Gasteiger partial charge in [-0.3, -0.25) is 9.59 Å². The number of rotatable bonds is 7. The van der Waals surface area contributed by atoms with Gasteiger partial charge in [-0.2, -0.15) is 0 Å². The molecule has 0 aromatic heterocycles. The Bertz CT molecular complexity index is 608. The molecule has 1 atom stereocenters. The number of carbonyl (C=O) groups excluding carboxylic acids is 2. The van der Waals surface area contributed by atoms with E-state index in [1.54, 1.807) is 24.3 Å². The highest BCUT2D eigenvalue weighted by molar-refractivity contribution is 5.83. The molecule has 0 radical (unpaired) electrons. The van der Waals surface area contributed by atoms with Crippen LogP contribution in [0, 0.1) is 0 Å². The van der Waals surface area contributed by atoms with Crippen molar-refractivity contribution in [2.45, 2.75) is 12.8 Å². The second-order valence-corrected chi connectivity index (χ2v) is 4.96. The number of aldehydes is 1. The molecule has 2 aromatic rings. The van der Waals surface area contributed by atoms with Crippen molar-refractivity contribution < 1.29 is 14.3 Å². The van der Waals surface area contributed by atoms with Crippen molar-refractivity contribution in [2.24, 2.45) is 0 Å². The van der Waals surface area contributed by atoms with Gasteiger partial charge in [0, 0.05) is 5.56 Å². The third kappa shape index (κ3) is 4.45. The maximum absolute atomic E-state index is 12.0. The van der Waals surface area contributed by atoms with Crippen LogP contribution in [0.25, 0.3) is 0 Å². The molecular formula is C18H19NO3. The molecule has 0 heterocycles. The number of amides is 1. The molecule has 4 nitrogen and oxygen atoms in total. The van der Waals surface area contributed by atoms with Gasteiger partial charge in [-0.05, 0) is 36.8 Å². The molecule has 2 aromatic carbocycles. The Balaban J connectivity index is 1.73. The molecule has 0 aliphatic carbocycles. The molecule has 1 amide bonds. The highest BCUT2D eigenvalue weighted by Crippen LogP contribution is 2.14. The minimum Gasteiger partial charge on any atom is -0.492 e. The van der Waals surface area contributed by atoms with Crippen LogP contribution in [0.1, 0.15) is 28.8 Å². The molecule has 0 fully saturated rings. The SMILES string of the molecule is CC(C(=O)NCCOc1ccc(C=O)cc1)c1ccccc1. The average Bonchev–Trinajstić information content (AvgIpc) is 2.59. The Hall–Kier alpha value is -2.62. The van der Waals surface area contributed by atoms with Gasteiger partial charge in [-0.25, -0.2) is 0 Å². The topological polar surface area (TPSA) is 55.4 Å². The number of hydrogen-bond donors (Lipinski definition) is 1. The second-order valence-electron chi connectivity index (χ2n) is 4.96. The molecule has 0 saturated heterocycles. The molecule has 4 heteroatoms. The lowest BCUT2D eigenvalue weighted by Crippen LogP contribution is -2.31. The van der Waals surface area contributed by atoms with Gasteiger partial charge in [0.2, 0.25) is 5.91 Å². The van der Waals surface area contributed by atoms with Crippen molar-refractivity contribution in [1.29, 1.82) is 0 Å². The van der Waals surface area contributed by atoms with Crippen LogP contribution >= 0.6 is 0 Å². The van der Waals surface area contributed by atoms with Gasteiger partial charge in [-0.15, -0.1) is 0 Å². The van der Waals surface area contributed by atoms with Crippen LogP contribution in [0.3, 0.4) is 0 Å². The molecule has 1 N–H and O–H groups in total. The zero-order valence-electron chi connectivity index (χ0n) is 12.5. The number of hydrogen-bond acceptors (Lipinski definition) is 3. The first-order chi connectivity index (χ1) is 10.7. The van der Waals surface area contributed by atoms with Crippen LogP contribution in [0.4, 0.5) is 0 Å². The lowest BCUT2D eigenvalue weighted by Gasteiger charge is -2.13. The van der Waals surface area contributed by atoms with Gasteiger partial charge < -0.3 is 10.1 Å². The van der Waals surface area contributed by atoms with Crippen LogP contribution in [0.15, 0.2) is 54.6 Å². The normalized spacial score (nSPS) is 11.5. The first kappa shape index (κ1) is 15.8. The van der Waals surface area contributed by atoms with Gasteiger partial charge in [0.1, 0.15) is 18.6 Å². The van der Waals surface area contributed by atoms with Gasteiger partial charge >= 0.3 is 0 Å². The first-order valence-corrected chi connectivity index (χ1v) is 7.21. The van der Waals surface area contributed by atoms with E-state index >= 15 is 0 Å². The van der Waals surface area contributed by atoms with Crippen molar-refractivity contribution >= 4 is 12.2 Å². The summed E-state index contributed by atoms with van der Waals surface area (Å²) in [5, 5.41) is 2.85. The summed E-state index contributed by atoms with van der Waals surface area (Å²) in [5.74, 6) is 0.468. The molecule has 114 valence electrons. The fourth-order valence-corrected chi connectivity index (χ4v) is 2.03. The van der Waals surface area contributed by atoms with E-state index in [0.29, 0.717) is 24.5 Å². The third-order valence-electron chi connectivity index (χ3n) is 3.38. The van der Waals surface area contributed by atoms with E-state index in [1.807, 2.05) is 37.3 Å². The van der Waals surface area contributed by atoms with Gasteiger partial charge in [0.05, 0.1) is 12.5 Å². The maximum atomic E-state index is 12.0. The predicted molar refractivity (Wildman–Crippen MR) is 85.2 cm³/mol. The molecule has 0 aliphatic rings. The smallest absolute Gasteiger partial charge is 0.227 e. The third-order valence-corrected chi connectivity index (χ3v) is 3.38. The number of ether oxygens (including phenoxy) is 1. The Morgan fingerprint density at radius 3 is 2.45 bits per heavy atom. The highest BCUT2D eigenvalue weighted by Gasteiger charge is 2.13. The summed E-state index contributed by atoms with van der Waals surface area (Å²) in [6.07, 6.45) is 0.787. The van der Waals surface area contributed by atoms with Crippen molar-refractivity contribution in [3.63, 3.8) is 0 Å². The van der Waals surface area contributed by atoms with E-state index in [4.69, 9.17) is 4.74 Å². The summed E-state index contributed by atoms with van der Waals surface area (Å²) in [7, 11) is 0. The van der Waals surface area contributed by atoms with Crippen molar-refractivity contribution in [3.05, 3.63) is 65.7 Å². The van der Waals surface area contributed by atoms with Crippen LogP contribution in [0.5, 0.6) is 5.75 Å². The van der Waals surface area contributed by atoms with Gasteiger partial charge in [-0.1, -0.05) is 30.3 Å². The highest BCUT2D eigenvalue weighted by atomic mass is 16.5. The van der Waals surface area contributed by atoms with E-state index < -0.39 is 0 Å². The van der Waals surface area contributed by atoms with E-state index in [1.165, 1.54) is 0 Å². The number of nitrogens with one attached hydrogen (secondary N) is 1. The van der Waals surface area contributed by atoms with Crippen molar-refractivity contribution in [2.75, 3.05) is 13.2 Å². The van der Waals surface area contributed by atoms with Gasteiger partial charge in [0.15, 0.2) is 0 Å². The molecular weight excluding hydrogens is 278 g/mol. The van der Waals surface area contributed by atoms with Crippen LogP contribution in [-0.2, 0) is 4.79 Å². The monoisotopic (exact) mass is 297 g/mol. The van der Waals surface area contributed by atoms with E-state index in [2.05, 4.69) is 5.32 Å². The van der Waals surface area contributed by atoms with E-state index in [-0.39, 0.29) is 11.8 Å². The molecule has 0 aliphatic heterocycles. The molecule has 2 rings (SSSR count). The Kier molecular flexibility index (Phi) is 5.72. The summed E-state index contributed by atoms with van der Waals surface area (Å²) in [5.41, 5.74) is 1.60. The Morgan fingerprint density at radius 1 is 1.14 bits per heavy atom. The molecule has 22 heavy (non-hydrogen) atoms. The van der Waals surface area contributed by atoms with Crippen molar-refractivity contribution in [3.8, 4) is 5.75 Å². The summed E-state index contributed by atoms with van der Waals surface area (Å²) < 4.78 is 5.51. The predicted octanol–water partition coefficient (Wildman–Crippen LogP) is 2.80. The fraction of sp³-hybridized carbons (Fsp3) is 0.222. The number of carbonyl (C=O) groups is 2. The summed E-state index contributed by atoms with van der Waals surface area (Å²) >= 11 is 0. The maximum Gasteiger partial charge on any atom is 0.227 e. The summed E-state index contributed by atoms with van der Waals surface area (Å²) in [4.78, 5) is 22.6. The zero-order valence-corrected chi connectivity index (χ0v) is 12.5. The minimum atomic E-state index is -0.187. The average molecular weight is 297 g/mol. The zero-order chi connectivity index (χ0) is 15.8.